The third-order valence-electron chi connectivity index (χ3n) is 3.17. The van der Waals surface area contributed by atoms with Crippen LogP contribution in [0.5, 0.6) is 0 Å². The van der Waals surface area contributed by atoms with Gasteiger partial charge in [-0.3, -0.25) is 4.79 Å². The van der Waals surface area contributed by atoms with Crippen LogP contribution in [0.4, 0.5) is 4.39 Å². The van der Waals surface area contributed by atoms with Gasteiger partial charge < -0.3 is 5.32 Å². The van der Waals surface area contributed by atoms with E-state index in [1.54, 1.807) is 41.0 Å². The number of nitrogens with zero attached hydrogens (tertiary/aromatic N) is 3. The third kappa shape index (κ3) is 2.60. The molecule has 0 unspecified atom stereocenters. The van der Waals surface area contributed by atoms with Gasteiger partial charge in [0.1, 0.15) is 11.5 Å². The number of benzene rings is 1. The summed E-state index contributed by atoms with van der Waals surface area (Å²) in [6, 6.07) is 9.71. The van der Waals surface area contributed by atoms with Crippen LogP contribution in [-0.2, 0) is 6.54 Å². The van der Waals surface area contributed by atoms with E-state index in [2.05, 4.69) is 15.4 Å². The summed E-state index contributed by atoms with van der Waals surface area (Å²) in [5.74, 6) is -0.682. The van der Waals surface area contributed by atoms with Gasteiger partial charge in [-0.25, -0.2) is 13.9 Å². The minimum Gasteiger partial charge on any atom is -0.347 e. The van der Waals surface area contributed by atoms with E-state index < -0.39 is 0 Å². The van der Waals surface area contributed by atoms with Crippen LogP contribution in [0.3, 0.4) is 0 Å². The van der Waals surface area contributed by atoms with E-state index >= 15 is 0 Å². The molecule has 106 valence electrons. The fraction of sp³-hybridized carbons (Fsp3) is 0.133. The molecule has 0 atom stereocenters. The lowest BCUT2D eigenvalue weighted by molar-refractivity contribution is 0.0945. The number of amides is 1. The lowest BCUT2D eigenvalue weighted by Gasteiger charge is -2.07. The van der Waals surface area contributed by atoms with Crippen LogP contribution >= 0.6 is 0 Å². The molecular formula is C15H13FN4O. The number of nitrogens with one attached hydrogen (secondary N) is 1. The highest BCUT2D eigenvalue weighted by Crippen LogP contribution is 2.08. The molecular weight excluding hydrogens is 271 g/mol. The summed E-state index contributed by atoms with van der Waals surface area (Å²) < 4.78 is 15.1. The fourth-order valence-electron chi connectivity index (χ4n) is 2.09. The Balaban J connectivity index is 1.79. The van der Waals surface area contributed by atoms with E-state index in [0.717, 1.165) is 5.69 Å². The highest BCUT2D eigenvalue weighted by Gasteiger charge is 2.11. The molecule has 2 aromatic heterocycles. The SMILES string of the molecule is Cc1cc(C(=O)NCc2ccccc2F)nc2ccnn12. The Morgan fingerprint density at radius 1 is 1.33 bits per heavy atom. The van der Waals surface area contributed by atoms with E-state index in [4.69, 9.17) is 0 Å². The number of hydrogen-bond acceptors (Lipinski definition) is 3. The molecule has 3 aromatic rings. The maximum atomic E-state index is 13.5. The highest BCUT2D eigenvalue weighted by atomic mass is 19.1. The Kier molecular flexibility index (Phi) is 3.35. The Bertz CT molecular complexity index is 812. The quantitative estimate of drug-likeness (QED) is 0.801. The molecule has 0 saturated heterocycles. The molecule has 1 N–H and O–H groups in total. The van der Waals surface area contributed by atoms with Crippen molar-refractivity contribution in [2.24, 2.45) is 0 Å². The minimum absolute atomic E-state index is 0.122. The number of hydrogen-bond donors (Lipinski definition) is 1. The zero-order chi connectivity index (χ0) is 14.8. The second-order valence-electron chi connectivity index (χ2n) is 4.66. The van der Waals surface area contributed by atoms with Crippen LogP contribution in [0.25, 0.3) is 5.65 Å². The Morgan fingerprint density at radius 3 is 2.95 bits per heavy atom. The second kappa shape index (κ2) is 5.32. The molecule has 1 amide bonds. The van der Waals surface area contributed by atoms with Crippen molar-refractivity contribution in [2.75, 3.05) is 0 Å². The smallest absolute Gasteiger partial charge is 0.270 e. The molecule has 21 heavy (non-hydrogen) atoms. The third-order valence-corrected chi connectivity index (χ3v) is 3.17. The zero-order valence-corrected chi connectivity index (χ0v) is 11.4. The fourth-order valence-corrected chi connectivity index (χ4v) is 2.09. The van der Waals surface area contributed by atoms with Gasteiger partial charge in [-0.1, -0.05) is 18.2 Å². The van der Waals surface area contributed by atoms with E-state index in [1.807, 2.05) is 6.92 Å². The molecule has 0 aliphatic rings. The maximum Gasteiger partial charge on any atom is 0.270 e. The number of carbonyl (C=O) groups is 1. The average molecular weight is 284 g/mol. The molecule has 2 heterocycles. The molecule has 1 aromatic carbocycles. The van der Waals surface area contributed by atoms with Crippen molar-refractivity contribution >= 4 is 11.6 Å². The first-order valence-corrected chi connectivity index (χ1v) is 6.48. The standard InChI is InChI=1S/C15H13FN4O/c1-10-8-13(19-14-6-7-18-20(10)14)15(21)17-9-11-4-2-3-5-12(11)16/h2-8H,9H2,1H3,(H,17,21). The summed E-state index contributed by atoms with van der Waals surface area (Å²) >= 11 is 0. The van der Waals surface area contributed by atoms with Gasteiger partial charge in [0.05, 0.1) is 6.20 Å². The van der Waals surface area contributed by atoms with Gasteiger partial charge in [-0.05, 0) is 19.1 Å². The molecule has 3 rings (SSSR count). The summed E-state index contributed by atoms with van der Waals surface area (Å²) in [5.41, 5.74) is 2.14. The van der Waals surface area contributed by atoms with Crippen LogP contribution < -0.4 is 5.32 Å². The van der Waals surface area contributed by atoms with E-state index in [0.29, 0.717) is 11.2 Å². The normalized spacial score (nSPS) is 10.8. The molecule has 0 fully saturated rings. The highest BCUT2D eigenvalue weighted by molar-refractivity contribution is 5.92. The topological polar surface area (TPSA) is 59.3 Å². The predicted octanol–water partition coefficient (Wildman–Crippen LogP) is 2.11. The number of aryl methyl sites for hydroxylation is 1. The van der Waals surface area contributed by atoms with Gasteiger partial charge in [0, 0.05) is 23.9 Å². The van der Waals surface area contributed by atoms with Crippen molar-refractivity contribution in [3.8, 4) is 0 Å². The minimum atomic E-state index is -0.343. The molecule has 0 spiro atoms. The molecule has 0 bridgehead atoms. The molecule has 0 aliphatic heterocycles. The molecule has 0 aliphatic carbocycles. The van der Waals surface area contributed by atoms with Crippen LogP contribution in [0.15, 0.2) is 42.6 Å². The average Bonchev–Trinajstić information content (AvgIpc) is 2.95. The Hall–Kier alpha value is -2.76. The molecule has 5 nitrogen and oxygen atoms in total. The first-order valence-electron chi connectivity index (χ1n) is 6.48. The van der Waals surface area contributed by atoms with Crippen molar-refractivity contribution in [1.82, 2.24) is 19.9 Å². The summed E-state index contributed by atoms with van der Waals surface area (Å²) in [4.78, 5) is 16.3. The zero-order valence-electron chi connectivity index (χ0n) is 11.4. The maximum absolute atomic E-state index is 13.5. The second-order valence-corrected chi connectivity index (χ2v) is 4.66. The van der Waals surface area contributed by atoms with Crippen LogP contribution in [0, 0.1) is 12.7 Å². The summed E-state index contributed by atoms with van der Waals surface area (Å²) in [6.07, 6.45) is 1.62. The van der Waals surface area contributed by atoms with Crippen molar-refractivity contribution in [1.29, 1.82) is 0 Å². The van der Waals surface area contributed by atoms with Crippen molar-refractivity contribution in [2.45, 2.75) is 13.5 Å². The number of rotatable bonds is 3. The summed E-state index contributed by atoms with van der Waals surface area (Å²) in [7, 11) is 0. The number of aromatic nitrogens is 3. The van der Waals surface area contributed by atoms with Crippen molar-refractivity contribution in [3.05, 3.63) is 65.4 Å². The van der Waals surface area contributed by atoms with Gasteiger partial charge in [0.25, 0.3) is 5.91 Å². The van der Waals surface area contributed by atoms with Gasteiger partial charge >= 0.3 is 0 Å². The number of carbonyl (C=O) groups excluding carboxylic acids is 1. The predicted molar refractivity (Wildman–Crippen MR) is 75.3 cm³/mol. The van der Waals surface area contributed by atoms with Gasteiger partial charge in [-0.2, -0.15) is 5.10 Å². The van der Waals surface area contributed by atoms with Crippen LogP contribution in [-0.4, -0.2) is 20.5 Å². The van der Waals surface area contributed by atoms with E-state index in [9.17, 15) is 9.18 Å². The van der Waals surface area contributed by atoms with Crippen molar-refractivity contribution in [3.63, 3.8) is 0 Å². The first kappa shape index (κ1) is 13.2. The van der Waals surface area contributed by atoms with Crippen LogP contribution in [0.2, 0.25) is 0 Å². The Labute approximate surface area is 120 Å². The molecule has 0 saturated carbocycles. The van der Waals surface area contributed by atoms with Crippen molar-refractivity contribution < 1.29 is 9.18 Å². The monoisotopic (exact) mass is 284 g/mol. The molecule has 0 radical (unpaired) electrons. The molecule has 6 heteroatoms. The van der Waals surface area contributed by atoms with Gasteiger partial charge in [-0.15, -0.1) is 0 Å². The summed E-state index contributed by atoms with van der Waals surface area (Å²) in [5, 5.41) is 6.77. The lowest BCUT2D eigenvalue weighted by atomic mass is 10.2. The first-order chi connectivity index (χ1) is 10.1. The largest absolute Gasteiger partial charge is 0.347 e. The van der Waals surface area contributed by atoms with Gasteiger partial charge in [0.2, 0.25) is 0 Å². The van der Waals surface area contributed by atoms with E-state index in [-0.39, 0.29) is 24.0 Å². The van der Waals surface area contributed by atoms with Crippen LogP contribution in [0.1, 0.15) is 21.7 Å². The van der Waals surface area contributed by atoms with E-state index in [1.165, 1.54) is 6.07 Å². The Morgan fingerprint density at radius 2 is 2.14 bits per heavy atom. The summed E-state index contributed by atoms with van der Waals surface area (Å²) in [6.45, 7) is 1.96. The number of fused-ring (bicyclic) bond motifs is 1. The van der Waals surface area contributed by atoms with Gasteiger partial charge in [0.15, 0.2) is 5.65 Å². The number of halogens is 1. The lowest BCUT2D eigenvalue weighted by Crippen LogP contribution is -2.24.